The van der Waals surface area contributed by atoms with Gasteiger partial charge in [0.15, 0.2) is 5.82 Å². The summed E-state index contributed by atoms with van der Waals surface area (Å²) < 4.78 is 25.4. The van der Waals surface area contributed by atoms with E-state index in [1.54, 1.807) is 11.0 Å². The topological polar surface area (TPSA) is 130 Å². The third-order valence-corrected chi connectivity index (χ3v) is 10.2. The standard InChI is InChI=1S/C34H45FN8O4/c1-4-43(23(2)3)33(45)27-19-25(35)5-6-28(27)46-32-30(36-22-37-40-32)42-16-10-24(21-42)20-41-17-13-34(14-18-41)11-7-26(8-12-34)39-31(44)29-9-15-38-47-29/h5-6,9,15,19,22-24,26H,4,7-8,10-14,16-18,20-21H2,1-3H3,(H,39,44)/t24-/m0/s1. The smallest absolute Gasteiger partial charge is 0.290 e. The second kappa shape index (κ2) is 14.3. The first-order chi connectivity index (χ1) is 22.7. The van der Waals surface area contributed by atoms with Gasteiger partial charge in [-0.1, -0.05) is 5.16 Å². The number of anilines is 1. The third-order valence-electron chi connectivity index (χ3n) is 10.2. The monoisotopic (exact) mass is 648 g/mol. The number of carbonyl (C=O) groups excluding carboxylic acids is 2. The fourth-order valence-electron chi connectivity index (χ4n) is 7.52. The summed E-state index contributed by atoms with van der Waals surface area (Å²) >= 11 is 0. The summed E-state index contributed by atoms with van der Waals surface area (Å²) in [6, 6.07) is 5.69. The Morgan fingerprint density at radius 3 is 2.62 bits per heavy atom. The number of halogens is 1. The van der Waals surface area contributed by atoms with Gasteiger partial charge in [-0.2, -0.15) is 0 Å². The molecule has 1 N–H and O–H groups in total. The number of rotatable bonds is 10. The molecule has 1 atom stereocenters. The summed E-state index contributed by atoms with van der Waals surface area (Å²) in [4.78, 5) is 36.7. The van der Waals surface area contributed by atoms with E-state index in [0.29, 0.717) is 23.7 Å². The molecule has 3 aromatic rings. The summed E-state index contributed by atoms with van der Waals surface area (Å²) in [5.41, 5.74) is 0.512. The molecule has 13 heteroatoms. The average Bonchev–Trinajstić information content (AvgIpc) is 3.78. The van der Waals surface area contributed by atoms with Crippen LogP contribution in [-0.2, 0) is 0 Å². The Hall–Kier alpha value is -4.13. The Bertz CT molecular complexity index is 1520. The van der Waals surface area contributed by atoms with Crippen LogP contribution in [0.1, 0.15) is 86.6 Å². The van der Waals surface area contributed by atoms with E-state index in [-0.39, 0.29) is 46.9 Å². The third kappa shape index (κ3) is 7.55. The highest BCUT2D eigenvalue weighted by Gasteiger charge is 2.39. The summed E-state index contributed by atoms with van der Waals surface area (Å²) in [5.74, 6) is 0.750. The molecule has 0 bridgehead atoms. The van der Waals surface area contributed by atoms with Gasteiger partial charge in [0, 0.05) is 44.3 Å². The Balaban J connectivity index is 1.02. The molecule has 0 unspecified atom stereocenters. The number of piperidine rings is 1. The van der Waals surface area contributed by atoms with Crippen LogP contribution in [0.5, 0.6) is 11.6 Å². The van der Waals surface area contributed by atoms with E-state index in [0.717, 1.165) is 64.8 Å². The lowest BCUT2D eigenvalue weighted by Crippen LogP contribution is -2.46. The zero-order valence-corrected chi connectivity index (χ0v) is 27.5. The molecule has 1 spiro atoms. The largest absolute Gasteiger partial charge is 0.434 e. The SMILES string of the molecule is CCN(C(=O)c1cc(F)ccc1Oc1nncnc1N1CC[C@@H](CN2CCC3(CCC(NC(=O)c4ccno4)CC3)CC2)C1)C(C)C. The molecule has 1 aromatic carbocycles. The quantitative estimate of drug-likeness (QED) is 0.323. The Morgan fingerprint density at radius 1 is 1.13 bits per heavy atom. The van der Waals surface area contributed by atoms with Gasteiger partial charge in [0.1, 0.15) is 17.9 Å². The number of hydrogen-bond acceptors (Lipinski definition) is 10. The van der Waals surface area contributed by atoms with Gasteiger partial charge in [-0.15, -0.1) is 10.2 Å². The van der Waals surface area contributed by atoms with Crippen molar-refractivity contribution in [2.45, 2.75) is 77.8 Å². The normalized spacial score (nSPS) is 20.1. The van der Waals surface area contributed by atoms with Gasteiger partial charge in [0.05, 0.1) is 11.8 Å². The van der Waals surface area contributed by atoms with E-state index in [2.05, 4.69) is 35.5 Å². The Kier molecular flexibility index (Phi) is 10.00. The minimum Gasteiger partial charge on any atom is -0.434 e. The summed E-state index contributed by atoms with van der Waals surface area (Å²) in [5, 5.41) is 14.9. The number of aromatic nitrogens is 4. The molecular formula is C34H45FN8O4. The lowest BCUT2D eigenvalue weighted by molar-refractivity contribution is 0.0506. The highest BCUT2D eigenvalue weighted by Crippen LogP contribution is 2.45. The molecule has 47 heavy (non-hydrogen) atoms. The highest BCUT2D eigenvalue weighted by molar-refractivity contribution is 5.97. The highest BCUT2D eigenvalue weighted by atomic mass is 19.1. The number of nitrogens with one attached hydrogen (secondary N) is 1. The lowest BCUT2D eigenvalue weighted by atomic mass is 9.67. The van der Waals surface area contributed by atoms with Crippen molar-refractivity contribution in [2.24, 2.45) is 11.3 Å². The van der Waals surface area contributed by atoms with Crippen molar-refractivity contribution in [1.29, 1.82) is 0 Å². The van der Waals surface area contributed by atoms with Gasteiger partial charge in [-0.3, -0.25) is 9.59 Å². The zero-order valence-electron chi connectivity index (χ0n) is 27.5. The summed E-state index contributed by atoms with van der Waals surface area (Å²) in [7, 11) is 0. The Morgan fingerprint density at radius 2 is 1.91 bits per heavy atom. The predicted molar refractivity (Wildman–Crippen MR) is 173 cm³/mol. The van der Waals surface area contributed by atoms with E-state index >= 15 is 0 Å². The molecule has 3 aliphatic rings. The van der Waals surface area contributed by atoms with E-state index in [1.165, 1.54) is 43.6 Å². The maximum Gasteiger partial charge on any atom is 0.290 e. The average molecular weight is 649 g/mol. The number of amides is 2. The number of ether oxygens (including phenoxy) is 1. The van der Waals surface area contributed by atoms with Crippen LogP contribution in [0.3, 0.4) is 0 Å². The number of likely N-dealkylation sites (tertiary alicyclic amines) is 1. The molecule has 12 nitrogen and oxygen atoms in total. The first kappa shape index (κ1) is 32.8. The minimum atomic E-state index is -0.510. The molecule has 3 fully saturated rings. The summed E-state index contributed by atoms with van der Waals surface area (Å²) in [6.07, 6.45) is 10.6. The van der Waals surface area contributed by atoms with Crippen LogP contribution in [0.25, 0.3) is 0 Å². The van der Waals surface area contributed by atoms with Crippen LogP contribution < -0.4 is 15.0 Å². The predicted octanol–water partition coefficient (Wildman–Crippen LogP) is 4.94. The maximum absolute atomic E-state index is 14.3. The van der Waals surface area contributed by atoms with Gasteiger partial charge in [-0.05, 0) is 108 Å². The molecule has 6 rings (SSSR count). The van der Waals surface area contributed by atoms with Crippen LogP contribution >= 0.6 is 0 Å². The van der Waals surface area contributed by atoms with Gasteiger partial charge in [-0.25, -0.2) is 9.37 Å². The Labute approximate surface area is 275 Å². The lowest BCUT2D eigenvalue weighted by Gasteiger charge is -2.46. The zero-order chi connectivity index (χ0) is 33.0. The van der Waals surface area contributed by atoms with Crippen molar-refractivity contribution in [3.8, 4) is 11.6 Å². The summed E-state index contributed by atoms with van der Waals surface area (Å²) in [6.45, 7) is 11.1. The van der Waals surface area contributed by atoms with Gasteiger partial charge in [0.25, 0.3) is 17.7 Å². The van der Waals surface area contributed by atoms with Crippen LogP contribution in [0, 0.1) is 17.2 Å². The molecule has 2 aliphatic heterocycles. The van der Waals surface area contributed by atoms with E-state index in [4.69, 9.17) is 9.26 Å². The van der Waals surface area contributed by atoms with E-state index in [9.17, 15) is 14.0 Å². The van der Waals surface area contributed by atoms with Gasteiger partial charge in [0.2, 0.25) is 5.76 Å². The van der Waals surface area contributed by atoms with Crippen molar-refractivity contribution in [3.05, 3.63) is 53.9 Å². The van der Waals surface area contributed by atoms with E-state index < -0.39 is 5.82 Å². The van der Waals surface area contributed by atoms with Crippen molar-refractivity contribution in [3.63, 3.8) is 0 Å². The molecule has 0 radical (unpaired) electrons. The molecule has 1 saturated carbocycles. The number of nitrogens with zero attached hydrogens (tertiary/aromatic N) is 7. The maximum atomic E-state index is 14.3. The molecule has 1 aliphatic carbocycles. The fraction of sp³-hybridized carbons (Fsp3) is 0.588. The van der Waals surface area contributed by atoms with Crippen molar-refractivity contribution in [2.75, 3.05) is 44.2 Å². The molecule has 2 amide bonds. The second-order valence-corrected chi connectivity index (χ2v) is 13.5. The number of benzene rings is 1. The number of carbonyl (C=O) groups is 2. The minimum absolute atomic E-state index is 0.0509. The number of hydrogen-bond donors (Lipinski definition) is 1. The molecule has 2 saturated heterocycles. The molecule has 2 aromatic heterocycles. The van der Waals surface area contributed by atoms with Crippen LogP contribution in [0.4, 0.5) is 10.2 Å². The molecular weight excluding hydrogens is 603 g/mol. The van der Waals surface area contributed by atoms with Crippen LogP contribution in [-0.4, -0.2) is 93.3 Å². The van der Waals surface area contributed by atoms with Crippen LogP contribution in [0.2, 0.25) is 0 Å². The van der Waals surface area contributed by atoms with E-state index in [1.807, 2.05) is 20.8 Å². The first-order valence-electron chi connectivity index (χ1n) is 16.9. The second-order valence-electron chi connectivity index (χ2n) is 13.5. The van der Waals surface area contributed by atoms with Crippen molar-refractivity contribution < 1.29 is 23.2 Å². The molecule has 252 valence electrons. The van der Waals surface area contributed by atoms with Crippen molar-refractivity contribution in [1.82, 2.24) is 35.5 Å². The van der Waals surface area contributed by atoms with Crippen molar-refractivity contribution >= 4 is 17.6 Å². The van der Waals surface area contributed by atoms with Gasteiger partial charge < -0.3 is 29.3 Å². The van der Waals surface area contributed by atoms with Gasteiger partial charge >= 0.3 is 0 Å². The first-order valence-corrected chi connectivity index (χ1v) is 16.9. The molecule has 4 heterocycles. The fourth-order valence-corrected chi connectivity index (χ4v) is 7.52. The van der Waals surface area contributed by atoms with Crippen LogP contribution in [0.15, 0.2) is 41.3 Å².